The van der Waals surface area contributed by atoms with Crippen molar-refractivity contribution < 1.29 is 18.0 Å². The molecule has 0 fully saturated rings. The van der Waals surface area contributed by atoms with E-state index in [0.717, 1.165) is 33.6 Å². The van der Waals surface area contributed by atoms with Crippen LogP contribution in [0.4, 0.5) is 18.2 Å². The molecule has 3 N–H and O–H groups in total. The summed E-state index contributed by atoms with van der Waals surface area (Å²) in [5.41, 5.74) is 4.10. The summed E-state index contributed by atoms with van der Waals surface area (Å²) in [4.78, 5) is 18.4. The van der Waals surface area contributed by atoms with E-state index in [2.05, 4.69) is 4.99 Å². The number of anilines is 1. The second kappa shape index (κ2) is 8.85. The quantitative estimate of drug-likeness (QED) is 0.457. The zero-order chi connectivity index (χ0) is 23.8. The maximum atomic E-state index is 12.7. The number of aliphatic imine (C=N–C) groups is 1. The Balaban J connectivity index is 2.16. The summed E-state index contributed by atoms with van der Waals surface area (Å²) >= 11 is 1.40. The zero-order valence-electron chi connectivity index (χ0n) is 18.1. The molecule has 1 atom stereocenters. The number of carbonyl (C=O) groups is 1. The van der Waals surface area contributed by atoms with Crippen molar-refractivity contribution in [1.29, 1.82) is 10.8 Å². The highest BCUT2D eigenvalue weighted by Crippen LogP contribution is 2.39. The number of nitrogens with one attached hydrogen (secondary N) is 3. The SMILES string of the molecule is CCc1ccc(C2=NC(CNC(=O)C(F)(F)F)C(=N)N(C(C)=N)c3sc(C)c(C)c32)cc1. The molecule has 3 rings (SSSR count). The van der Waals surface area contributed by atoms with Gasteiger partial charge in [-0.05, 0) is 38.3 Å². The first-order valence-electron chi connectivity index (χ1n) is 10.0. The van der Waals surface area contributed by atoms with Gasteiger partial charge in [0.2, 0.25) is 0 Å². The van der Waals surface area contributed by atoms with E-state index < -0.39 is 24.7 Å². The monoisotopic (exact) mass is 463 g/mol. The fraction of sp³-hybridized carbons (Fsp3) is 0.364. The van der Waals surface area contributed by atoms with E-state index >= 15 is 0 Å². The maximum Gasteiger partial charge on any atom is 0.471 e. The normalized spacial score (nSPS) is 16.3. The Morgan fingerprint density at radius 2 is 1.88 bits per heavy atom. The van der Waals surface area contributed by atoms with Crippen molar-refractivity contribution in [3.63, 3.8) is 0 Å². The molecule has 0 radical (unpaired) electrons. The maximum absolute atomic E-state index is 12.7. The van der Waals surface area contributed by atoms with E-state index in [4.69, 9.17) is 10.8 Å². The van der Waals surface area contributed by atoms with Gasteiger partial charge in [0.15, 0.2) is 0 Å². The summed E-state index contributed by atoms with van der Waals surface area (Å²) in [6.45, 7) is 6.90. The molecule has 1 aromatic heterocycles. The number of thiophene rings is 1. The minimum atomic E-state index is -5.03. The summed E-state index contributed by atoms with van der Waals surface area (Å²) < 4.78 is 38.2. The molecular formula is C22H24F3N5OS. The van der Waals surface area contributed by atoms with Gasteiger partial charge >= 0.3 is 12.1 Å². The van der Waals surface area contributed by atoms with Gasteiger partial charge in [-0.1, -0.05) is 31.2 Å². The van der Waals surface area contributed by atoms with Gasteiger partial charge in [0.25, 0.3) is 0 Å². The number of halogens is 3. The van der Waals surface area contributed by atoms with Crippen LogP contribution >= 0.6 is 11.3 Å². The van der Waals surface area contributed by atoms with Crippen LogP contribution in [0, 0.1) is 24.7 Å². The molecule has 1 aromatic carbocycles. The highest BCUT2D eigenvalue weighted by molar-refractivity contribution is 7.17. The Hall–Kier alpha value is -3.01. The lowest BCUT2D eigenvalue weighted by Crippen LogP contribution is -2.47. The van der Waals surface area contributed by atoms with Crippen molar-refractivity contribution >= 4 is 39.6 Å². The van der Waals surface area contributed by atoms with Crippen molar-refractivity contribution in [3.8, 4) is 0 Å². The summed E-state index contributed by atoms with van der Waals surface area (Å²) in [6, 6.07) is 6.62. The minimum absolute atomic E-state index is 0.0439. The fourth-order valence-electron chi connectivity index (χ4n) is 3.47. The van der Waals surface area contributed by atoms with Gasteiger partial charge in [0.05, 0.1) is 5.71 Å². The third kappa shape index (κ3) is 4.45. The second-order valence-electron chi connectivity index (χ2n) is 7.52. The fourth-order valence-corrected chi connectivity index (χ4v) is 4.69. The number of carbonyl (C=O) groups excluding carboxylic acids is 1. The topological polar surface area (TPSA) is 92.4 Å². The number of amidine groups is 2. The largest absolute Gasteiger partial charge is 0.471 e. The summed E-state index contributed by atoms with van der Waals surface area (Å²) in [6.07, 6.45) is -4.18. The Bertz CT molecular complexity index is 1100. The minimum Gasteiger partial charge on any atom is -0.346 e. The summed E-state index contributed by atoms with van der Waals surface area (Å²) in [5, 5.41) is 19.3. The van der Waals surface area contributed by atoms with Crippen LogP contribution in [0.25, 0.3) is 0 Å². The third-order valence-corrected chi connectivity index (χ3v) is 6.52. The number of alkyl halides is 3. The van der Waals surface area contributed by atoms with Gasteiger partial charge in [-0.25, -0.2) is 0 Å². The predicted molar refractivity (Wildman–Crippen MR) is 122 cm³/mol. The van der Waals surface area contributed by atoms with Crippen LogP contribution in [-0.2, 0) is 11.2 Å². The summed E-state index contributed by atoms with van der Waals surface area (Å²) in [7, 11) is 0. The van der Waals surface area contributed by atoms with Crippen molar-refractivity contribution in [1.82, 2.24) is 5.32 Å². The average molecular weight is 464 g/mol. The van der Waals surface area contributed by atoms with E-state index in [1.165, 1.54) is 23.2 Å². The number of fused-ring (bicyclic) bond motifs is 1. The lowest BCUT2D eigenvalue weighted by Gasteiger charge is -2.25. The predicted octanol–water partition coefficient (Wildman–Crippen LogP) is 4.61. The Morgan fingerprint density at radius 1 is 1.25 bits per heavy atom. The number of rotatable bonds is 4. The van der Waals surface area contributed by atoms with Crippen LogP contribution in [0.15, 0.2) is 29.3 Å². The van der Waals surface area contributed by atoms with Gasteiger partial charge in [-0.15, -0.1) is 11.3 Å². The van der Waals surface area contributed by atoms with Gasteiger partial charge in [-0.2, -0.15) is 13.2 Å². The van der Waals surface area contributed by atoms with E-state index in [1.54, 1.807) is 0 Å². The highest BCUT2D eigenvalue weighted by Gasteiger charge is 2.40. The van der Waals surface area contributed by atoms with Gasteiger partial charge in [-0.3, -0.25) is 25.5 Å². The molecule has 0 saturated carbocycles. The number of hydrogen-bond donors (Lipinski definition) is 3. The molecule has 32 heavy (non-hydrogen) atoms. The number of benzene rings is 1. The Labute approximate surface area is 188 Å². The molecule has 0 aliphatic carbocycles. The molecule has 1 aliphatic heterocycles. The lowest BCUT2D eigenvalue weighted by atomic mass is 9.98. The van der Waals surface area contributed by atoms with E-state index in [0.29, 0.717) is 10.7 Å². The zero-order valence-corrected chi connectivity index (χ0v) is 19.0. The van der Waals surface area contributed by atoms with Crippen molar-refractivity contribution in [2.75, 3.05) is 11.4 Å². The molecule has 0 bridgehead atoms. The second-order valence-corrected chi connectivity index (χ2v) is 8.72. The molecule has 6 nitrogen and oxygen atoms in total. The van der Waals surface area contributed by atoms with Crippen LogP contribution in [0.5, 0.6) is 0 Å². The molecule has 1 unspecified atom stereocenters. The lowest BCUT2D eigenvalue weighted by molar-refractivity contribution is -0.173. The Kier molecular flexibility index (Phi) is 6.54. The number of nitrogens with zero attached hydrogens (tertiary/aromatic N) is 2. The van der Waals surface area contributed by atoms with Crippen molar-refractivity contribution in [2.45, 2.75) is 46.3 Å². The number of aryl methyl sites for hydroxylation is 2. The van der Waals surface area contributed by atoms with E-state index in [1.807, 2.05) is 50.4 Å². The summed E-state index contributed by atoms with van der Waals surface area (Å²) in [5.74, 6) is -2.21. The molecule has 1 amide bonds. The van der Waals surface area contributed by atoms with Gasteiger partial charge < -0.3 is 5.32 Å². The number of amides is 1. The first-order valence-corrected chi connectivity index (χ1v) is 10.8. The third-order valence-electron chi connectivity index (χ3n) is 5.33. The molecule has 0 saturated heterocycles. The molecule has 1 aliphatic rings. The standard InChI is InChI=1S/C22H24F3N5OS/c1-5-14-6-8-15(9-7-14)18-17-11(2)12(3)32-20(17)30(13(4)26)19(27)16(29-18)10-28-21(31)22(23,24)25/h6-9,16,26-27H,5,10H2,1-4H3,(H,28,31). The highest BCUT2D eigenvalue weighted by atomic mass is 32.1. The molecule has 2 heterocycles. The van der Waals surface area contributed by atoms with Crippen LogP contribution in [0.3, 0.4) is 0 Å². The average Bonchev–Trinajstić information content (AvgIpc) is 2.94. The molecule has 2 aromatic rings. The van der Waals surface area contributed by atoms with Crippen LogP contribution < -0.4 is 10.2 Å². The number of hydrogen-bond acceptors (Lipinski definition) is 5. The molecule has 0 spiro atoms. The molecule has 170 valence electrons. The van der Waals surface area contributed by atoms with E-state index in [9.17, 15) is 18.0 Å². The van der Waals surface area contributed by atoms with Crippen LogP contribution in [-0.4, -0.2) is 42.1 Å². The van der Waals surface area contributed by atoms with E-state index in [-0.39, 0.29) is 11.7 Å². The molecule has 10 heteroatoms. The molecular weight excluding hydrogens is 439 g/mol. The van der Waals surface area contributed by atoms with Gasteiger partial charge in [0, 0.05) is 22.5 Å². The van der Waals surface area contributed by atoms with Crippen LogP contribution in [0.2, 0.25) is 0 Å². The Morgan fingerprint density at radius 3 is 2.41 bits per heavy atom. The van der Waals surface area contributed by atoms with Crippen molar-refractivity contribution in [3.05, 3.63) is 51.4 Å². The van der Waals surface area contributed by atoms with Crippen molar-refractivity contribution in [2.24, 2.45) is 4.99 Å². The van der Waals surface area contributed by atoms with Gasteiger partial charge in [0.1, 0.15) is 22.7 Å². The first kappa shape index (κ1) is 23.6. The smallest absolute Gasteiger partial charge is 0.346 e. The van der Waals surface area contributed by atoms with Crippen LogP contribution in [0.1, 0.15) is 41.0 Å². The first-order chi connectivity index (χ1) is 15.0.